The molecule has 0 bridgehead atoms. The summed E-state index contributed by atoms with van der Waals surface area (Å²) in [6, 6.07) is 16.7. The van der Waals surface area contributed by atoms with Gasteiger partial charge in [-0.05, 0) is 52.0 Å². The summed E-state index contributed by atoms with van der Waals surface area (Å²) in [4.78, 5) is 13.1. The number of nitrogens with zero attached hydrogens (tertiary/aromatic N) is 1. The van der Waals surface area contributed by atoms with E-state index < -0.39 is 15.8 Å². The smallest absolute Gasteiger partial charge is 0.270 e. The van der Waals surface area contributed by atoms with Crippen molar-refractivity contribution in [1.29, 1.82) is 0 Å². The number of para-hydroxylation sites is 1. The monoisotopic (exact) mass is 488 g/mol. The largest absolute Gasteiger partial charge is 0.359 e. The molecule has 0 saturated carbocycles. The third kappa shape index (κ3) is 3.75. The van der Waals surface area contributed by atoms with Gasteiger partial charge in [0.05, 0.1) is 17.9 Å². The maximum atomic E-state index is 13.4. The number of allylic oxidation sites excluding steroid dienone is 1. The number of carbonyl (C=O) groups is 1. The molecule has 148 valence electrons. The van der Waals surface area contributed by atoms with Crippen LogP contribution in [0.5, 0.6) is 0 Å². The van der Waals surface area contributed by atoms with Gasteiger partial charge in [-0.3, -0.25) is 9.10 Å². The molecule has 0 atom stereocenters. The molecule has 1 N–H and O–H groups in total. The predicted molar refractivity (Wildman–Crippen MR) is 121 cm³/mol. The van der Waals surface area contributed by atoms with Crippen molar-refractivity contribution in [2.45, 2.75) is 13.5 Å². The second kappa shape index (κ2) is 7.78. The van der Waals surface area contributed by atoms with Crippen molar-refractivity contribution in [1.82, 2.24) is 0 Å². The van der Waals surface area contributed by atoms with Gasteiger partial charge in [0.2, 0.25) is 5.78 Å². The topological polar surface area (TPSA) is 66.5 Å². The Morgan fingerprint density at radius 3 is 2.55 bits per heavy atom. The Hall–Kier alpha value is -2.42. The van der Waals surface area contributed by atoms with E-state index in [1.165, 1.54) is 21.8 Å². The van der Waals surface area contributed by atoms with Crippen LogP contribution >= 0.6 is 27.3 Å². The highest BCUT2D eigenvalue weighted by atomic mass is 79.9. The lowest BCUT2D eigenvalue weighted by molar-refractivity contribution is 0.104. The van der Waals surface area contributed by atoms with Crippen molar-refractivity contribution >= 4 is 54.4 Å². The zero-order chi connectivity index (χ0) is 20.6. The molecule has 29 heavy (non-hydrogen) atoms. The second-order valence-electron chi connectivity index (χ2n) is 6.59. The van der Waals surface area contributed by atoms with Gasteiger partial charge in [-0.15, -0.1) is 11.3 Å². The molecule has 1 aliphatic rings. The average Bonchev–Trinajstić information content (AvgIpc) is 3.17. The van der Waals surface area contributed by atoms with Gasteiger partial charge in [-0.2, -0.15) is 0 Å². The Labute approximate surface area is 181 Å². The summed E-state index contributed by atoms with van der Waals surface area (Å²) >= 11 is 4.66. The SMILES string of the molecule is Cc1ccc(CN2c3ccsc3C(=O)C(=CNc3ccccc3Br)S2(=O)=O)cc1. The van der Waals surface area contributed by atoms with E-state index in [4.69, 9.17) is 0 Å². The number of hydrogen-bond donors (Lipinski definition) is 1. The van der Waals surface area contributed by atoms with E-state index in [0.29, 0.717) is 16.3 Å². The number of benzene rings is 2. The van der Waals surface area contributed by atoms with E-state index in [9.17, 15) is 13.2 Å². The number of nitrogens with one attached hydrogen (secondary N) is 1. The lowest BCUT2D eigenvalue weighted by atomic mass is 10.1. The van der Waals surface area contributed by atoms with Crippen molar-refractivity contribution in [2.75, 3.05) is 9.62 Å². The Kier molecular flexibility index (Phi) is 5.33. The summed E-state index contributed by atoms with van der Waals surface area (Å²) in [5, 5.41) is 4.69. The number of aryl methyl sites for hydroxylation is 1. The van der Waals surface area contributed by atoms with Crippen LogP contribution in [-0.4, -0.2) is 14.2 Å². The van der Waals surface area contributed by atoms with Gasteiger partial charge >= 0.3 is 0 Å². The highest BCUT2D eigenvalue weighted by molar-refractivity contribution is 9.10. The summed E-state index contributed by atoms with van der Waals surface area (Å²) in [6.45, 7) is 2.14. The van der Waals surface area contributed by atoms with Gasteiger partial charge in [0.1, 0.15) is 4.88 Å². The Morgan fingerprint density at radius 2 is 1.83 bits per heavy atom. The first-order valence-corrected chi connectivity index (χ1v) is 11.9. The molecule has 0 unspecified atom stereocenters. The molecule has 1 aromatic heterocycles. The van der Waals surface area contributed by atoms with Crippen LogP contribution in [0.2, 0.25) is 0 Å². The minimum atomic E-state index is -4.01. The van der Waals surface area contributed by atoms with E-state index in [1.807, 2.05) is 49.4 Å². The van der Waals surface area contributed by atoms with Crippen LogP contribution in [0.25, 0.3) is 0 Å². The van der Waals surface area contributed by atoms with Crippen molar-refractivity contribution in [3.05, 3.63) is 91.6 Å². The number of hydrogen-bond acceptors (Lipinski definition) is 5. The average molecular weight is 489 g/mol. The van der Waals surface area contributed by atoms with Crippen molar-refractivity contribution in [2.24, 2.45) is 0 Å². The Balaban J connectivity index is 1.75. The van der Waals surface area contributed by atoms with Gasteiger partial charge in [-0.1, -0.05) is 42.0 Å². The summed E-state index contributed by atoms with van der Waals surface area (Å²) in [7, 11) is -4.01. The molecule has 4 rings (SSSR count). The fraction of sp³-hybridized carbons (Fsp3) is 0.0952. The number of Topliss-reactive ketones (excluding diaryl/α,β-unsaturated/α-hetero) is 1. The van der Waals surface area contributed by atoms with E-state index in [0.717, 1.165) is 15.6 Å². The molecule has 0 fully saturated rings. The number of fused-ring (bicyclic) bond motifs is 1. The first kappa shape index (κ1) is 19.9. The first-order chi connectivity index (χ1) is 13.9. The summed E-state index contributed by atoms with van der Waals surface area (Å²) in [6.07, 6.45) is 1.28. The van der Waals surface area contributed by atoms with Crippen molar-refractivity contribution < 1.29 is 13.2 Å². The fourth-order valence-corrected chi connectivity index (χ4v) is 5.92. The van der Waals surface area contributed by atoms with Gasteiger partial charge in [0.15, 0.2) is 4.91 Å². The van der Waals surface area contributed by atoms with E-state index in [1.54, 1.807) is 17.5 Å². The number of ketones is 1. The number of anilines is 2. The molecule has 0 radical (unpaired) electrons. The van der Waals surface area contributed by atoms with Crippen LogP contribution in [0.15, 0.2) is 75.6 Å². The van der Waals surface area contributed by atoms with Crippen LogP contribution in [0, 0.1) is 6.92 Å². The summed E-state index contributed by atoms with van der Waals surface area (Å²) < 4.78 is 28.8. The number of carbonyl (C=O) groups excluding carboxylic acids is 1. The van der Waals surface area contributed by atoms with Crippen LogP contribution < -0.4 is 9.62 Å². The first-order valence-electron chi connectivity index (χ1n) is 8.79. The maximum Gasteiger partial charge on any atom is 0.270 e. The minimum Gasteiger partial charge on any atom is -0.359 e. The molecule has 2 heterocycles. The molecule has 1 aliphatic heterocycles. The molecule has 0 amide bonds. The van der Waals surface area contributed by atoms with E-state index >= 15 is 0 Å². The number of thiophene rings is 1. The highest BCUT2D eigenvalue weighted by Gasteiger charge is 2.41. The quantitative estimate of drug-likeness (QED) is 0.505. The van der Waals surface area contributed by atoms with E-state index in [-0.39, 0.29) is 11.4 Å². The third-order valence-electron chi connectivity index (χ3n) is 4.59. The normalized spacial score (nSPS) is 16.7. The zero-order valence-corrected chi connectivity index (χ0v) is 18.6. The number of halogens is 1. The molecule has 0 saturated heterocycles. The molecule has 0 spiro atoms. The highest BCUT2D eigenvalue weighted by Crippen LogP contribution is 2.39. The standard InChI is InChI=1S/C21H17BrN2O3S2/c1-14-6-8-15(9-7-14)13-24-18-10-11-28-21(18)20(25)19(29(24,26)27)12-23-17-5-3-2-4-16(17)22/h2-12,23H,13H2,1H3. The van der Waals surface area contributed by atoms with Gasteiger partial charge < -0.3 is 5.32 Å². The third-order valence-corrected chi connectivity index (χ3v) is 7.95. The molecular weight excluding hydrogens is 472 g/mol. The lowest BCUT2D eigenvalue weighted by Crippen LogP contribution is -2.38. The number of rotatable bonds is 4. The maximum absolute atomic E-state index is 13.4. The summed E-state index contributed by atoms with van der Waals surface area (Å²) in [5.41, 5.74) is 3.05. The lowest BCUT2D eigenvalue weighted by Gasteiger charge is -2.29. The van der Waals surface area contributed by atoms with Gasteiger partial charge in [0, 0.05) is 10.7 Å². The van der Waals surface area contributed by atoms with Crippen LogP contribution in [-0.2, 0) is 16.6 Å². The molecule has 2 aromatic carbocycles. The second-order valence-corrected chi connectivity index (χ2v) is 10.2. The van der Waals surface area contributed by atoms with Crippen molar-refractivity contribution in [3.63, 3.8) is 0 Å². The molecule has 3 aromatic rings. The fourth-order valence-electron chi connectivity index (χ4n) is 3.04. The molecule has 5 nitrogen and oxygen atoms in total. The van der Waals surface area contributed by atoms with E-state index in [2.05, 4.69) is 21.2 Å². The summed E-state index contributed by atoms with van der Waals surface area (Å²) in [5.74, 6) is -0.491. The Morgan fingerprint density at radius 1 is 1.10 bits per heavy atom. The number of sulfonamides is 1. The molecular formula is C21H17BrN2O3S2. The van der Waals surface area contributed by atoms with Gasteiger partial charge in [0.25, 0.3) is 10.0 Å². The minimum absolute atomic E-state index is 0.159. The zero-order valence-electron chi connectivity index (χ0n) is 15.4. The molecule has 8 heteroatoms. The predicted octanol–water partition coefficient (Wildman–Crippen LogP) is 5.31. The molecule has 0 aliphatic carbocycles. The van der Waals surface area contributed by atoms with Crippen LogP contribution in [0.1, 0.15) is 20.8 Å². The van der Waals surface area contributed by atoms with Gasteiger partial charge in [-0.25, -0.2) is 8.42 Å². The Bertz CT molecular complexity index is 1210. The van der Waals surface area contributed by atoms with Crippen LogP contribution in [0.4, 0.5) is 11.4 Å². The van der Waals surface area contributed by atoms with Crippen molar-refractivity contribution in [3.8, 4) is 0 Å². The van der Waals surface area contributed by atoms with Crippen LogP contribution in [0.3, 0.4) is 0 Å².